The molecule has 0 fully saturated rings. The van der Waals surface area contributed by atoms with E-state index < -0.39 is 30.0 Å². The maximum absolute atomic E-state index is 12.7. The fourth-order valence-electron chi connectivity index (χ4n) is 2.31. The van der Waals surface area contributed by atoms with Gasteiger partial charge in [0.25, 0.3) is 6.43 Å². The summed E-state index contributed by atoms with van der Waals surface area (Å²) in [5, 5.41) is 6.16. The van der Waals surface area contributed by atoms with Crippen LogP contribution in [0.3, 0.4) is 0 Å². The van der Waals surface area contributed by atoms with Gasteiger partial charge in [-0.3, -0.25) is 9.48 Å². The largest absolute Gasteiger partial charge is 0.465 e. The lowest BCUT2D eigenvalue weighted by Gasteiger charge is -2.10. The summed E-state index contributed by atoms with van der Waals surface area (Å²) in [7, 11) is 2.35. The summed E-state index contributed by atoms with van der Waals surface area (Å²) in [4.78, 5) is 35.7. The summed E-state index contributed by atoms with van der Waals surface area (Å²) >= 11 is 0. The molecule has 0 bridgehead atoms. The number of carbonyl (C=O) groups is 3. The number of aryl methyl sites for hydroxylation is 1. The lowest BCUT2D eigenvalue weighted by atomic mass is 10.1. The molecule has 0 atom stereocenters. The Balaban J connectivity index is 2.23. The summed E-state index contributed by atoms with van der Waals surface area (Å²) in [6.07, 6.45) is -2.74. The maximum atomic E-state index is 12.7. The number of carbonyl (C=O) groups excluding carboxylic acids is 3. The highest BCUT2D eigenvalue weighted by Gasteiger charge is 2.17. The van der Waals surface area contributed by atoms with Gasteiger partial charge in [0.2, 0.25) is 5.91 Å². The predicted molar refractivity (Wildman–Crippen MR) is 89.7 cm³/mol. The lowest BCUT2D eigenvalue weighted by Crippen LogP contribution is -2.21. The Morgan fingerprint density at radius 1 is 1.07 bits per heavy atom. The molecule has 1 aromatic carbocycles. The molecule has 2 aromatic rings. The van der Waals surface area contributed by atoms with Crippen molar-refractivity contribution in [1.82, 2.24) is 9.78 Å². The van der Waals surface area contributed by atoms with E-state index in [1.54, 1.807) is 6.92 Å². The number of hydrogen-bond donors (Lipinski definition) is 1. The zero-order valence-electron chi connectivity index (χ0n) is 14.8. The highest BCUT2D eigenvalue weighted by Crippen LogP contribution is 2.19. The highest BCUT2D eigenvalue weighted by molar-refractivity contribution is 5.99. The topological polar surface area (TPSA) is 99.5 Å². The molecule has 144 valence electrons. The lowest BCUT2D eigenvalue weighted by molar-refractivity contribution is -0.117. The van der Waals surface area contributed by atoms with E-state index in [2.05, 4.69) is 19.9 Å². The van der Waals surface area contributed by atoms with Crippen molar-refractivity contribution in [2.24, 2.45) is 0 Å². The van der Waals surface area contributed by atoms with Gasteiger partial charge in [0.15, 0.2) is 0 Å². The number of aromatic nitrogens is 2. The van der Waals surface area contributed by atoms with E-state index in [1.165, 1.54) is 38.5 Å². The van der Waals surface area contributed by atoms with Crippen molar-refractivity contribution in [2.45, 2.75) is 19.9 Å². The van der Waals surface area contributed by atoms with Crippen LogP contribution in [0.4, 0.5) is 14.5 Å². The molecule has 0 saturated heterocycles. The van der Waals surface area contributed by atoms with Gasteiger partial charge in [-0.1, -0.05) is 0 Å². The van der Waals surface area contributed by atoms with Crippen molar-refractivity contribution < 1.29 is 32.6 Å². The molecule has 8 nitrogen and oxygen atoms in total. The number of nitrogens with one attached hydrogen (secondary N) is 1. The zero-order chi connectivity index (χ0) is 20.1. The van der Waals surface area contributed by atoms with Crippen LogP contribution >= 0.6 is 0 Å². The number of hydrogen-bond acceptors (Lipinski definition) is 6. The van der Waals surface area contributed by atoms with Gasteiger partial charge in [-0.15, -0.1) is 0 Å². The van der Waals surface area contributed by atoms with Gasteiger partial charge in [-0.05, 0) is 31.2 Å². The minimum atomic E-state index is -2.74. The molecule has 1 heterocycles. The smallest absolute Gasteiger partial charge is 0.337 e. The molecule has 2 rings (SSSR count). The van der Waals surface area contributed by atoms with Gasteiger partial charge in [0, 0.05) is 11.4 Å². The molecular formula is C17H17F2N3O5. The first-order chi connectivity index (χ1) is 12.7. The molecule has 0 aliphatic carbocycles. The van der Waals surface area contributed by atoms with Gasteiger partial charge >= 0.3 is 11.9 Å². The molecule has 0 aliphatic heterocycles. The second kappa shape index (κ2) is 8.39. The molecule has 10 heteroatoms. The molecule has 0 saturated carbocycles. The first-order valence-electron chi connectivity index (χ1n) is 7.69. The van der Waals surface area contributed by atoms with Gasteiger partial charge in [-0.25, -0.2) is 18.4 Å². The van der Waals surface area contributed by atoms with Gasteiger partial charge in [-0.2, -0.15) is 5.10 Å². The number of ether oxygens (including phenoxy) is 2. The zero-order valence-corrected chi connectivity index (χ0v) is 14.8. The van der Waals surface area contributed by atoms with Crippen molar-refractivity contribution in [3.63, 3.8) is 0 Å². The number of esters is 2. The minimum absolute atomic E-state index is 0.0333. The third-order valence-corrected chi connectivity index (χ3v) is 3.58. The van der Waals surface area contributed by atoms with E-state index in [0.717, 1.165) is 4.68 Å². The minimum Gasteiger partial charge on any atom is -0.465 e. The monoisotopic (exact) mass is 381 g/mol. The Hall–Kier alpha value is -3.30. The van der Waals surface area contributed by atoms with Crippen LogP contribution in [0.25, 0.3) is 0 Å². The van der Waals surface area contributed by atoms with Gasteiger partial charge in [0.1, 0.15) is 12.2 Å². The fraction of sp³-hybridized carbons (Fsp3) is 0.294. The van der Waals surface area contributed by atoms with E-state index >= 15 is 0 Å². The second-order valence-electron chi connectivity index (χ2n) is 5.50. The number of alkyl halides is 2. The van der Waals surface area contributed by atoms with Crippen LogP contribution in [-0.2, 0) is 20.8 Å². The second-order valence-corrected chi connectivity index (χ2v) is 5.50. The number of nitrogens with zero attached hydrogens (tertiary/aromatic N) is 2. The van der Waals surface area contributed by atoms with Crippen LogP contribution in [0.2, 0.25) is 0 Å². The number of halogens is 2. The van der Waals surface area contributed by atoms with Crippen LogP contribution in [0.1, 0.15) is 38.5 Å². The summed E-state index contributed by atoms with van der Waals surface area (Å²) in [5.74, 6) is -2.00. The van der Waals surface area contributed by atoms with Crippen molar-refractivity contribution >= 4 is 23.5 Å². The highest BCUT2D eigenvalue weighted by atomic mass is 19.3. The third-order valence-electron chi connectivity index (χ3n) is 3.58. The predicted octanol–water partition coefficient (Wildman–Crippen LogP) is 2.34. The van der Waals surface area contributed by atoms with E-state index in [1.807, 2.05) is 0 Å². The van der Waals surface area contributed by atoms with E-state index in [9.17, 15) is 23.2 Å². The van der Waals surface area contributed by atoms with Crippen molar-refractivity contribution in [3.8, 4) is 0 Å². The first kappa shape index (κ1) is 20.0. The Kier molecular flexibility index (Phi) is 6.22. The van der Waals surface area contributed by atoms with Crippen LogP contribution in [0, 0.1) is 6.92 Å². The van der Waals surface area contributed by atoms with Crippen molar-refractivity contribution in [3.05, 3.63) is 46.8 Å². The molecule has 1 aromatic heterocycles. The Labute approximate surface area is 153 Å². The Bertz CT molecular complexity index is 845. The molecule has 0 aliphatic rings. The fourth-order valence-corrected chi connectivity index (χ4v) is 2.31. The van der Waals surface area contributed by atoms with Crippen LogP contribution in [-0.4, -0.2) is 41.8 Å². The van der Waals surface area contributed by atoms with Gasteiger partial charge < -0.3 is 14.8 Å². The van der Waals surface area contributed by atoms with Crippen LogP contribution < -0.4 is 5.32 Å². The summed E-state index contributed by atoms with van der Waals surface area (Å²) in [6.45, 7) is 1.22. The quantitative estimate of drug-likeness (QED) is 0.771. The van der Waals surface area contributed by atoms with Crippen LogP contribution in [0.15, 0.2) is 24.3 Å². The van der Waals surface area contributed by atoms with E-state index in [4.69, 9.17) is 0 Å². The summed E-state index contributed by atoms with van der Waals surface area (Å²) < 4.78 is 35.7. The van der Waals surface area contributed by atoms with Crippen LogP contribution in [0.5, 0.6) is 0 Å². The molecule has 1 N–H and O–H groups in total. The average Bonchev–Trinajstić information content (AvgIpc) is 3.00. The Morgan fingerprint density at radius 3 is 2.07 bits per heavy atom. The normalized spacial score (nSPS) is 10.6. The SMILES string of the molecule is COC(=O)c1cc(NC(=O)Cn2nc(C(F)F)cc2C)cc(C(=O)OC)c1. The third kappa shape index (κ3) is 4.87. The Morgan fingerprint density at radius 2 is 1.63 bits per heavy atom. The molecule has 27 heavy (non-hydrogen) atoms. The van der Waals surface area contributed by atoms with Gasteiger partial charge in [0.05, 0.1) is 25.3 Å². The number of rotatable bonds is 6. The molecule has 0 spiro atoms. The number of benzene rings is 1. The maximum Gasteiger partial charge on any atom is 0.337 e. The number of methoxy groups -OCH3 is 2. The van der Waals surface area contributed by atoms with E-state index in [-0.39, 0.29) is 23.4 Å². The standard InChI is InChI=1S/C17H17F2N3O5/c1-9-4-13(15(18)19)21-22(9)8-14(23)20-12-6-10(16(24)26-2)5-11(7-12)17(25)27-3/h4-7,15H,8H2,1-3H3,(H,20,23). The molecule has 1 amide bonds. The molecule has 0 unspecified atom stereocenters. The average molecular weight is 381 g/mol. The molecule has 0 radical (unpaired) electrons. The van der Waals surface area contributed by atoms with E-state index in [0.29, 0.717) is 5.69 Å². The molecular weight excluding hydrogens is 364 g/mol. The summed E-state index contributed by atoms with van der Waals surface area (Å²) in [5.41, 5.74) is 0.166. The van der Waals surface area contributed by atoms with Crippen molar-refractivity contribution in [1.29, 1.82) is 0 Å². The first-order valence-corrected chi connectivity index (χ1v) is 7.69. The number of amides is 1. The van der Waals surface area contributed by atoms with Crippen molar-refractivity contribution in [2.75, 3.05) is 19.5 Å². The number of anilines is 1. The summed E-state index contributed by atoms with van der Waals surface area (Å²) in [6, 6.07) is 5.08.